The molecule has 0 unspecified atom stereocenters. The number of ether oxygens (including phenoxy) is 12. The fraction of sp³-hybridized carbons (Fsp3) is 0.833. The summed E-state index contributed by atoms with van der Waals surface area (Å²) in [5.74, 6) is 0. The molecule has 0 amide bonds. The summed E-state index contributed by atoms with van der Waals surface area (Å²) in [5, 5.41) is 24.8. The van der Waals surface area contributed by atoms with Crippen molar-refractivity contribution in [3.63, 3.8) is 0 Å². The van der Waals surface area contributed by atoms with E-state index in [9.17, 15) is 20.2 Å². The molecule has 1 rings (SSSR count). The van der Waals surface area contributed by atoms with Crippen LogP contribution in [0.2, 0.25) is 0 Å². The van der Waals surface area contributed by atoms with E-state index >= 15 is 0 Å². The number of alkyl halides is 1. The van der Waals surface area contributed by atoms with Crippen LogP contribution in [0.4, 0.5) is 17.1 Å². The van der Waals surface area contributed by atoms with Crippen molar-refractivity contribution in [2.45, 2.75) is 25.7 Å². The van der Waals surface area contributed by atoms with Crippen LogP contribution in [0.5, 0.6) is 0 Å². The summed E-state index contributed by atoms with van der Waals surface area (Å²) in [6.45, 7) is 11.9. The van der Waals surface area contributed by atoms with Gasteiger partial charge in [0, 0.05) is 19.2 Å². The van der Waals surface area contributed by atoms with Crippen molar-refractivity contribution in [2.24, 2.45) is 0 Å². The number of benzene rings is 1. The smallest absolute Gasteiger partial charge is 0.299 e. The number of non-ortho nitro benzene ring substituents is 1. The Morgan fingerprint density at radius 3 is 1.07 bits per heavy atom. The fourth-order valence-electron chi connectivity index (χ4n) is 4.37. The molecular formula is C36H64IN3O16. The summed E-state index contributed by atoms with van der Waals surface area (Å²) in [6, 6.07) is 3.43. The van der Waals surface area contributed by atoms with Gasteiger partial charge >= 0.3 is 0 Å². The lowest BCUT2D eigenvalue weighted by Gasteiger charge is -2.09. The van der Waals surface area contributed by atoms with Crippen LogP contribution < -0.4 is 5.32 Å². The fourth-order valence-corrected chi connectivity index (χ4v) is 4.90. The molecule has 1 aromatic rings. The zero-order valence-electron chi connectivity index (χ0n) is 32.7. The lowest BCUT2D eigenvalue weighted by molar-refractivity contribution is -0.393. The SMILES string of the molecule is O=[N+]([O-])c1ccc(NCCOCCOCCOCCOCCOCCOCCOCCOCCOCCOCCOCCOCCCCCCI)c([N+](=O)[O-])c1. The Morgan fingerprint density at radius 1 is 0.429 bits per heavy atom. The van der Waals surface area contributed by atoms with Crippen molar-refractivity contribution in [3.8, 4) is 0 Å². The summed E-state index contributed by atoms with van der Waals surface area (Å²) in [5.41, 5.74) is -0.526. The maximum Gasteiger partial charge on any atom is 0.299 e. The first-order chi connectivity index (χ1) is 27.6. The minimum Gasteiger partial charge on any atom is -0.379 e. The molecule has 1 aromatic carbocycles. The van der Waals surface area contributed by atoms with E-state index in [1.807, 2.05) is 0 Å². The highest BCUT2D eigenvalue weighted by Crippen LogP contribution is 2.28. The van der Waals surface area contributed by atoms with Gasteiger partial charge in [0.25, 0.3) is 11.4 Å². The maximum absolute atomic E-state index is 11.2. The van der Waals surface area contributed by atoms with Crippen molar-refractivity contribution in [1.29, 1.82) is 0 Å². The first-order valence-corrected chi connectivity index (χ1v) is 20.7. The van der Waals surface area contributed by atoms with Gasteiger partial charge in [-0.05, 0) is 23.3 Å². The highest BCUT2D eigenvalue weighted by Gasteiger charge is 2.19. The summed E-state index contributed by atoms with van der Waals surface area (Å²) in [7, 11) is 0. The van der Waals surface area contributed by atoms with Crippen LogP contribution >= 0.6 is 22.6 Å². The number of nitro groups is 2. The standard InChI is InChI=1S/C36H64IN3O16/c37-7-3-1-2-4-9-45-11-13-47-15-17-49-19-21-51-23-25-53-27-29-55-31-32-56-30-28-54-26-24-52-22-20-50-18-16-48-14-12-46-10-8-38-35-6-5-34(39(41)42)33-36(35)40(43)44/h5-6,33,38H,1-4,7-32H2. The Morgan fingerprint density at radius 2 is 0.750 bits per heavy atom. The quantitative estimate of drug-likeness (QED) is 0.0321. The van der Waals surface area contributed by atoms with Gasteiger partial charge in [-0.3, -0.25) is 20.2 Å². The van der Waals surface area contributed by atoms with Crippen molar-refractivity contribution in [3.05, 3.63) is 38.4 Å². The van der Waals surface area contributed by atoms with Crippen LogP contribution in [0.15, 0.2) is 18.2 Å². The molecule has 0 aliphatic rings. The minimum absolute atomic E-state index is 0.185. The Bertz CT molecular complexity index is 1050. The van der Waals surface area contributed by atoms with Crippen LogP contribution in [-0.2, 0) is 56.8 Å². The van der Waals surface area contributed by atoms with Crippen molar-refractivity contribution in [2.75, 3.05) is 175 Å². The maximum atomic E-state index is 11.2. The highest BCUT2D eigenvalue weighted by atomic mass is 127. The number of nitrogens with zero attached hydrogens (tertiary/aromatic N) is 2. The van der Waals surface area contributed by atoms with E-state index in [1.54, 1.807) is 0 Å². The van der Waals surface area contributed by atoms with Gasteiger partial charge in [-0.15, -0.1) is 0 Å². The van der Waals surface area contributed by atoms with E-state index < -0.39 is 9.85 Å². The number of nitro benzene ring substituents is 2. The van der Waals surface area contributed by atoms with Gasteiger partial charge in [0.15, 0.2) is 0 Å². The molecule has 0 saturated heterocycles. The summed E-state index contributed by atoms with van der Waals surface area (Å²) < 4.78 is 67.0. The van der Waals surface area contributed by atoms with Crippen molar-refractivity contribution in [1.82, 2.24) is 0 Å². The molecule has 0 heterocycles. The van der Waals surface area contributed by atoms with Gasteiger partial charge in [0.05, 0.1) is 168 Å². The second-order valence-corrected chi connectivity index (χ2v) is 12.7. The zero-order chi connectivity index (χ0) is 40.4. The molecule has 0 radical (unpaired) electrons. The number of rotatable bonds is 45. The molecule has 19 nitrogen and oxygen atoms in total. The van der Waals surface area contributed by atoms with Gasteiger partial charge in [0.2, 0.25) is 0 Å². The van der Waals surface area contributed by atoms with E-state index in [0.29, 0.717) is 145 Å². The molecule has 0 fully saturated rings. The minimum atomic E-state index is -0.680. The number of hydrogen-bond donors (Lipinski definition) is 1. The van der Waals surface area contributed by atoms with Crippen LogP contribution in [0, 0.1) is 20.2 Å². The molecule has 20 heteroatoms. The van der Waals surface area contributed by atoms with Crippen molar-refractivity contribution < 1.29 is 66.7 Å². The van der Waals surface area contributed by atoms with Crippen LogP contribution in [0.25, 0.3) is 0 Å². The molecule has 1 N–H and O–H groups in total. The number of hydrogen-bond acceptors (Lipinski definition) is 17. The summed E-state index contributed by atoms with van der Waals surface area (Å²) in [4.78, 5) is 20.6. The molecule has 0 aliphatic carbocycles. The molecule has 0 aromatic heterocycles. The van der Waals surface area contributed by atoms with Gasteiger partial charge in [-0.25, -0.2) is 0 Å². The van der Waals surface area contributed by atoms with E-state index in [1.165, 1.54) is 35.8 Å². The Labute approximate surface area is 344 Å². The lowest BCUT2D eigenvalue weighted by atomic mass is 10.2. The van der Waals surface area contributed by atoms with E-state index in [0.717, 1.165) is 19.1 Å². The second-order valence-electron chi connectivity index (χ2n) is 11.6. The summed E-state index contributed by atoms with van der Waals surface area (Å²) in [6.07, 6.45) is 4.93. The van der Waals surface area contributed by atoms with E-state index in [4.69, 9.17) is 56.8 Å². The molecular weight excluding hydrogens is 857 g/mol. The Kier molecular flexibility index (Phi) is 38.4. The molecule has 0 atom stereocenters. The van der Waals surface area contributed by atoms with E-state index in [-0.39, 0.29) is 30.2 Å². The number of halogens is 1. The van der Waals surface area contributed by atoms with Gasteiger partial charge < -0.3 is 62.2 Å². The number of unbranched alkanes of at least 4 members (excludes halogenated alkanes) is 3. The average Bonchev–Trinajstić information content (AvgIpc) is 3.19. The van der Waals surface area contributed by atoms with E-state index in [2.05, 4.69) is 27.9 Å². The average molecular weight is 922 g/mol. The normalized spacial score (nSPS) is 11.4. The topological polar surface area (TPSA) is 209 Å². The van der Waals surface area contributed by atoms with Gasteiger partial charge in [-0.1, -0.05) is 35.4 Å². The molecule has 326 valence electrons. The predicted molar refractivity (Wildman–Crippen MR) is 215 cm³/mol. The van der Waals surface area contributed by atoms with Crippen molar-refractivity contribution >= 4 is 39.7 Å². The van der Waals surface area contributed by atoms with Gasteiger partial charge in [-0.2, -0.15) is 0 Å². The molecule has 0 bridgehead atoms. The molecule has 0 saturated carbocycles. The van der Waals surface area contributed by atoms with Crippen LogP contribution in [0.3, 0.4) is 0 Å². The molecule has 56 heavy (non-hydrogen) atoms. The third-order valence-electron chi connectivity index (χ3n) is 7.22. The Balaban J connectivity index is 1.68. The molecule has 0 aliphatic heterocycles. The molecule has 0 spiro atoms. The zero-order valence-corrected chi connectivity index (χ0v) is 34.9. The number of nitrogens with one attached hydrogen (secondary N) is 1. The Hall–Kier alpha value is -1.93. The van der Waals surface area contributed by atoms with Gasteiger partial charge in [0.1, 0.15) is 5.69 Å². The highest BCUT2D eigenvalue weighted by molar-refractivity contribution is 14.1. The first kappa shape index (κ1) is 52.1. The van der Waals surface area contributed by atoms with Crippen LogP contribution in [-0.4, -0.2) is 179 Å². The largest absolute Gasteiger partial charge is 0.379 e. The lowest BCUT2D eigenvalue weighted by Crippen LogP contribution is -2.16. The van der Waals surface area contributed by atoms with Crippen LogP contribution in [0.1, 0.15) is 25.7 Å². The predicted octanol–water partition coefficient (Wildman–Crippen LogP) is 4.11. The third kappa shape index (κ3) is 34.1. The second kappa shape index (κ2) is 41.2. The monoisotopic (exact) mass is 921 g/mol. The first-order valence-electron chi connectivity index (χ1n) is 19.2. The third-order valence-corrected chi connectivity index (χ3v) is 7.98. The summed E-state index contributed by atoms with van der Waals surface area (Å²) >= 11 is 2.41. The number of anilines is 1.